The van der Waals surface area contributed by atoms with Crippen LogP contribution in [0.5, 0.6) is 11.6 Å². The molecule has 4 rings (SSSR count). The van der Waals surface area contributed by atoms with Gasteiger partial charge in [0.05, 0.1) is 6.20 Å². The standard InChI is InChI=1S/C22H21F2N5O3/c23-14-1-7-18(8-2-14)32-21-19(11-15(24)12-26-21)20(30)27-16-3-5-17(6-4-16)28-22(31)29-10-9-25-13-29/h1-2,7-13,16-17H,3-6H2,(H,27,30)(H,28,31)/t16-,17+. The van der Waals surface area contributed by atoms with E-state index in [9.17, 15) is 18.4 Å². The van der Waals surface area contributed by atoms with E-state index in [4.69, 9.17) is 4.74 Å². The number of ether oxygens (including phenoxy) is 1. The summed E-state index contributed by atoms with van der Waals surface area (Å²) in [6, 6.07) is 5.87. The third kappa shape index (κ3) is 5.26. The Labute approximate surface area is 182 Å². The van der Waals surface area contributed by atoms with Crippen LogP contribution in [0.2, 0.25) is 0 Å². The second-order valence-corrected chi connectivity index (χ2v) is 7.50. The number of imidazole rings is 1. The van der Waals surface area contributed by atoms with Crippen molar-refractivity contribution in [2.45, 2.75) is 37.8 Å². The van der Waals surface area contributed by atoms with Gasteiger partial charge in [0.1, 0.15) is 29.3 Å². The third-order valence-corrected chi connectivity index (χ3v) is 5.22. The fraction of sp³-hybridized carbons (Fsp3) is 0.273. The molecule has 10 heteroatoms. The van der Waals surface area contributed by atoms with Crippen LogP contribution < -0.4 is 15.4 Å². The highest BCUT2D eigenvalue weighted by Gasteiger charge is 2.26. The zero-order valence-electron chi connectivity index (χ0n) is 17.0. The summed E-state index contributed by atoms with van der Waals surface area (Å²) in [6.07, 6.45) is 8.15. The molecule has 1 saturated carbocycles. The van der Waals surface area contributed by atoms with Gasteiger partial charge >= 0.3 is 6.03 Å². The zero-order valence-corrected chi connectivity index (χ0v) is 17.0. The minimum atomic E-state index is -0.674. The summed E-state index contributed by atoms with van der Waals surface area (Å²) in [5.41, 5.74) is -0.0511. The number of benzene rings is 1. The van der Waals surface area contributed by atoms with Gasteiger partial charge < -0.3 is 15.4 Å². The summed E-state index contributed by atoms with van der Waals surface area (Å²) in [4.78, 5) is 32.7. The van der Waals surface area contributed by atoms with Gasteiger partial charge in [0, 0.05) is 24.5 Å². The Bertz CT molecular complexity index is 1080. The van der Waals surface area contributed by atoms with E-state index in [1.54, 1.807) is 6.20 Å². The van der Waals surface area contributed by atoms with Gasteiger partial charge in [0.2, 0.25) is 5.88 Å². The van der Waals surface area contributed by atoms with Gasteiger partial charge in [-0.15, -0.1) is 0 Å². The Morgan fingerprint density at radius 2 is 1.69 bits per heavy atom. The van der Waals surface area contributed by atoms with E-state index in [-0.39, 0.29) is 35.3 Å². The first-order valence-corrected chi connectivity index (χ1v) is 10.2. The summed E-state index contributed by atoms with van der Waals surface area (Å²) in [7, 11) is 0. The monoisotopic (exact) mass is 441 g/mol. The Hall–Kier alpha value is -3.82. The molecule has 0 bridgehead atoms. The highest BCUT2D eigenvalue weighted by Crippen LogP contribution is 2.25. The minimum absolute atomic E-state index is 0.00809. The van der Waals surface area contributed by atoms with E-state index in [2.05, 4.69) is 20.6 Å². The highest BCUT2D eigenvalue weighted by molar-refractivity contribution is 5.96. The Kier molecular flexibility index (Phi) is 6.39. The van der Waals surface area contributed by atoms with Crippen LogP contribution in [0, 0.1) is 11.6 Å². The Balaban J connectivity index is 1.35. The highest BCUT2D eigenvalue weighted by atomic mass is 19.1. The molecule has 0 spiro atoms. The molecule has 0 radical (unpaired) electrons. The van der Waals surface area contributed by atoms with Crippen LogP contribution in [0.1, 0.15) is 36.0 Å². The topological polar surface area (TPSA) is 98.1 Å². The van der Waals surface area contributed by atoms with Crippen molar-refractivity contribution in [2.24, 2.45) is 0 Å². The molecule has 2 heterocycles. The molecular formula is C22H21F2N5O3. The van der Waals surface area contributed by atoms with Gasteiger partial charge in [0.15, 0.2) is 0 Å². The Morgan fingerprint density at radius 1 is 1.00 bits per heavy atom. The second-order valence-electron chi connectivity index (χ2n) is 7.50. The molecule has 8 nitrogen and oxygen atoms in total. The quantitative estimate of drug-likeness (QED) is 0.630. The predicted molar refractivity (Wildman–Crippen MR) is 110 cm³/mol. The molecule has 0 aliphatic heterocycles. The van der Waals surface area contributed by atoms with E-state index in [1.807, 2.05) is 0 Å². The summed E-state index contributed by atoms with van der Waals surface area (Å²) in [6.45, 7) is 0. The van der Waals surface area contributed by atoms with Crippen molar-refractivity contribution in [1.82, 2.24) is 25.2 Å². The number of rotatable bonds is 5. The van der Waals surface area contributed by atoms with E-state index in [1.165, 1.54) is 41.4 Å². The minimum Gasteiger partial charge on any atom is -0.438 e. The molecular weight excluding hydrogens is 420 g/mol. The van der Waals surface area contributed by atoms with Crippen LogP contribution >= 0.6 is 0 Å². The molecule has 0 unspecified atom stereocenters. The number of hydrogen-bond donors (Lipinski definition) is 2. The lowest BCUT2D eigenvalue weighted by Gasteiger charge is -2.29. The average molecular weight is 441 g/mol. The van der Waals surface area contributed by atoms with Crippen LogP contribution in [0.15, 0.2) is 55.2 Å². The molecule has 1 aliphatic rings. The van der Waals surface area contributed by atoms with Gasteiger partial charge in [0.25, 0.3) is 5.91 Å². The number of nitrogens with one attached hydrogen (secondary N) is 2. The molecule has 2 N–H and O–H groups in total. The first kappa shape index (κ1) is 21.4. The molecule has 1 aliphatic carbocycles. The number of aromatic nitrogens is 3. The van der Waals surface area contributed by atoms with E-state index < -0.39 is 17.5 Å². The third-order valence-electron chi connectivity index (χ3n) is 5.22. The number of carbonyl (C=O) groups excluding carboxylic acids is 2. The number of hydrogen-bond acceptors (Lipinski definition) is 5. The fourth-order valence-corrected chi connectivity index (χ4v) is 3.56. The lowest BCUT2D eigenvalue weighted by molar-refractivity contribution is 0.0920. The number of halogens is 2. The summed E-state index contributed by atoms with van der Waals surface area (Å²) in [5, 5.41) is 5.83. The molecule has 1 fully saturated rings. The van der Waals surface area contributed by atoms with Gasteiger partial charge in [-0.2, -0.15) is 0 Å². The molecule has 166 valence electrons. The van der Waals surface area contributed by atoms with Crippen molar-refractivity contribution in [1.29, 1.82) is 0 Å². The van der Waals surface area contributed by atoms with E-state index in [0.717, 1.165) is 12.3 Å². The molecule has 2 aromatic heterocycles. The maximum absolute atomic E-state index is 13.8. The smallest absolute Gasteiger partial charge is 0.327 e. The number of nitrogens with zero attached hydrogens (tertiary/aromatic N) is 3. The van der Waals surface area contributed by atoms with Crippen LogP contribution in [0.3, 0.4) is 0 Å². The van der Waals surface area contributed by atoms with Gasteiger partial charge in [-0.25, -0.2) is 23.5 Å². The van der Waals surface area contributed by atoms with Crippen molar-refractivity contribution in [3.05, 3.63) is 72.4 Å². The van der Waals surface area contributed by atoms with Crippen LogP contribution in [-0.4, -0.2) is 38.6 Å². The number of pyridine rings is 1. The maximum Gasteiger partial charge on any atom is 0.327 e. The SMILES string of the molecule is O=C(N[C@H]1CC[C@@H](NC(=O)n2ccnc2)CC1)c1cc(F)cnc1Oc1ccc(F)cc1. The molecule has 0 saturated heterocycles. The molecule has 32 heavy (non-hydrogen) atoms. The average Bonchev–Trinajstić information content (AvgIpc) is 3.33. The van der Waals surface area contributed by atoms with Crippen LogP contribution in [-0.2, 0) is 0 Å². The van der Waals surface area contributed by atoms with E-state index in [0.29, 0.717) is 25.7 Å². The summed E-state index contributed by atoms with van der Waals surface area (Å²) in [5.74, 6) is -1.42. The van der Waals surface area contributed by atoms with Crippen molar-refractivity contribution >= 4 is 11.9 Å². The normalized spacial score (nSPS) is 18.1. The van der Waals surface area contributed by atoms with Crippen LogP contribution in [0.4, 0.5) is 13.6 Å². The van der Waals surface area contributed by atoms with Crippen molar-refractivity contribution < 1.29 is 23.1 Å². The summed E-state index contributed by atoms with van der Waals surface area (Å²) < 4.78 is 33.8. The second kappa shape index (κ2) is 9.54. The summed E-state index contributed by atoms with van der Waals surface area (Å²) >= 11 is 0. The fourth-order valence-electron chi connectivity index (χ4n) is 3.56. The van der Waals surface area contributed by atoms with E-state index >= 15 is 0 Å². The first-order valence-electron chi connectivity index (χ1n) is 10.2. The van der Waals surface area contributed by atoms with Crippen molar-refractivity contribution in [3.8, 4) is 11.6 Å². The zero-order chi connectivity index (χ0) is 22.5. The molecule has 2 amide bonds. The predicted octanol–water partition coefficient (Wildman–Crippen LogP) is 3.65. The lowest BCUT2D eigenvalue weighted by Crippen LogP contribution is -2.44. The molecule has 3 aromatic rings. The number of carbonyl (C=O) groups is 2. The van der Waals surface area contributed by atoms with Crippen molar-refractivity contribution in [2.75, 3.05) is 0 Å². The van der Waals surface area contributed by atoms with Gasteiger partial charge in [-0.1, -0.05) is 0 Å². The first-order chi connectivity index (χ1) is 15.5. The maximum atomic E-state index is 13.8. The Morgan fingerprint density at radius 3 is 2.34 bits per heavy atom. The lowest BCUT2D eigenvalue weighted by atomic mass is 9.91. The number of amides is 2. The van der Waals surface area contributed by atoms with Crippen molar-refractivity contribution in [3.63, 3.8) is 0 Å². The molecule has 1 aromatic carbocycles. The molecule has 0 atom stereocenters. The van der Waals surface area contributed by atoms with Gasteiger partial charge in [-0.05, 0) is 56.0 Å². The van der Waals surface area contributed by atoms with Gasteiger partial charge in [-0.3, -0.25) is 9.36 Å². The van der Waals surface area contributed by atoms with Crippen LogP contribution in [0.25, 0.3) is 0 Å². The largest absolute Gasteiger partial charge is 0.438 e.